The normalized spacial score (nSPS) is 25.4. The lowest BCUT2D eigenvalue weighted by molar-refractivity contribution is -0.126. The van der Waals surface area contributed by atoms with E-state index in [4.69, 9.17) is 10.5 Å². The minimum absolute atomic E-state index is 0. The Hall–Kier alpha value is -0.320. The highest BCUT2D eigenvalue weighted by Crippen LogP contribution is 2.15. The van der Waals surface area contributed by atoms with Crippen molar-refractivity contribution in [3.05, 3.63) is 0 Å². The van der Waals surface area contributed by atoms with Crippen molar-refractivity contribution in [2.75, 3.05) is 6.61 Å². The molecule has 1 saturated heterocycles. The first kappa shape index (κ1) is 15.7. The summed E-state index contributed by atoms with van der Waals surface area (Å²) in [5.74, 6) is -0.123. The van der Waals surface area contributed by atoms with Crippen LogP contribution in [0, 0.1) is 5.92 Å². The Morgan fingerprint density at radius 2 is 2.06 bits per heavy atom. The van der Waals surface area contributed by atoms with Gasteiger partial charge in [0, 0.05) is 18.6 Å². The quantitative estimate of drug-likeness (QED) is 0.785. The Bertz CT molecular complexity index is 218. The molecule has 0 bridgehead atoms. The summed E-state index contributed by atoms with van der Waals surface area (Å²) in [5.41, 5.74) is 5.67. The predicted molar refractivity (Wildman–Crippen MR) is 66.6 cm³/mol. The number of hydrogen-bond acceptors (Lipinski definition) is 3. The fraction of sp³-hybridized carbons (Fsp3) is 0.909. The molecule has 5 heteroatoms. The van der Waals surface area contributed by atoms with Gasteiger partial charge in [-0.2, -0.15) is 0 Å². The van der Waals surface area contributed by atoms with Crippen molar-refractivity contribution in [2.45, 2.75) is 51.8 Å². The summed E-state index contributed by atoms with van der Waals surface area (Å²) in [6, 6.07) is -0.0251. The molecular formula is C11H23ClN2O2. The zero-order chi connectivity index (χ0) is 11.4. The molecule has 0 radical (unpaired) electrons. The van der Waals surface area contributed by atoms with E-state index in [0.717, 1.165) is 19.4 Å². The van der Waals surface area contributed by atoms with Crippen LogP contribution in [0.4, 0.5) is 0 Å². The van der Waals surface area contributed by atoms with Gasteiger partial charge in [-0.05, 0) is 26.7 Å². The SMILES string of the molecule is CC(N)C(C)C(=O)NC(C)C1CCCO1.Cl. The molecule has 0 aromatic carbocycles. The molecule has 0 aliphatic carbocycles. The van der Waals surface area contributed by atoms with Crippen LogP contribution in [0.1, 0.15) is 33.6 Å². The molecule has 4 atom stereocenters. The molecule has 1 fully saturated rings. The van der Waals surface area contributed by atoms with E-state index in [1.165, 1.54) is 0 Å². The van der Waals surface area contributed by atoms with E-state index in [2.05, 4.69) is 5.32 Å². The lowest BCUT2D eigenvalue weighted by atomic mass is 10.0. The number of amides is 1. The van der Waals surface area contributed by atoms with Crippen molar-refractivity contribution in [3.63, 3.8) is 0 Å². The molecule has 1 aliphatic heterocycles. The van der Waals surface area contributed by atoms with Gasteiger partial charge in [-0.25, -0.2) is 0 Å². The van der Waals surface area contributed by atoms with Crippen molar-refractivity contribution < 1.29 is 9.53 Å². The van der Waals surface area contributed by atoms with Crippen molar-refractivity contribution >= 4 is 18.3 Å². The topological polar surface area (TPSA) is 64.4 Å². The third-order valence-electron chi connectivity index (χ3n) is 3.09. The standard InChI is InChI=1S/C11H22N2O2.ClH/c1-7(8(2)12)11(14)13-9(3)10-5-4-6-15-10;/h7-10H,4-6,12H2,1-3H3,(H,13,14);1H. The number of ether oxygens (including phenoxy) is 1. The lowest BCUT2D eigenvalue weighted by Crippen LogP contribution is -2.46. The first-order valence-corrected chi connectivity index (χ1v) is 5.70. The highest BCUT2D eigenvalue weighted by atomic mass is 35.5. The lowest BCUT2D eigenvalue weighted by Gasteiger charge is -2.23. The fourth-order valence-corrected chi connectivity index (χ4v) is 1.68. The predicted octanol–water partition coefficient (Wildman–Crippen LogP) is 1.08. The third-order valence-corrected chi connectivity index (χ3v) is 3.09. The van der Waals surface area contributed by atoms with Crippen LogP contribution in [0.25, 0.3) is 0 Å². The highest BCUT2D eigenvalue weighted by Gasteiger charge is 2.26. The van der Waals surface area contributed by atoms with Crippen LogP contribution in [-0.2, 0) is 9.53 Å². The van der Waals surface area contributed by atoms with Gasteiger partial charge < -0.3 is 15.8 Å². The summed E-state index contributed by atoms with van der Waals surface area (Å²) in [4.78, 5) is 11.7. The molecule has 1 aliphatic rings. The maximum atomic E-state index is 11.7. The van der Waals surface area contributed by atoms with Crippen LogP contribution in [-0.4, -0.2) is 30.7 Å². The molecule has 4 nitrogen and oxygen atoms in total. The molecule has 1 heterocycles. The summed E-state index contributed by atoms with van der Waals surface area (Å²) < 4.78 is 5.51. The van der Waals surface area contributed by atoms with E-state index in [1.54, 1.807) is 0 Å². The molecule has 0 spiro atoms. The number of rotatable bonds is 4. The molecule has 0 aromatic heterocycles. The van der Waals surface area contributed by atoms with Crippen LogP contribution >= 0.6 is 12.4 Å². The number of halogens is 1. The van der Waals surface area contributed by atoms with E-state index in [1.807, 2.05) is 20.8 Å². The molecule has 1 amide bonds. The van der Waals surface area contributed by atoms with Gasteiger partial charge in [0.15, 0.2) is 0 Å². The summed E-state index contributed by atoms with van der Waals surface area (Å²) in [5, 5.41) is 2.96. The van der Waals surface area contributed by atoms with Gasteiger partial charge in [0.05, 0.1) is 12.1 Å². The smallest absolute Gasteiger partial charge is 0.224 e. The van der Waals surface area contributed by atoms with Crippen LogP contribution in [0.3, 0.4) is 0 Å². The maximum absolute atomic E-state index is 11.7. The monoisotopic (exact) mass is 250 g/mol. The first-order valence-electron chi connectivity index (χ1n) is 5.70. The van der Waals surface area contributed by atoms with Crippen molar-refractivity contribution in [3.8, 4) is 0 Å². The molecule has 0 aromatic rings. The maximum Gasteiger partial charge on any atom is 0.224 e. The highest BCUT2D eigenvalue weighted by molar-refractivity contribution is 5.85. The zero-order valence-electron chi connectivity index (χ0n) is 10.2. The number of hydrogen-bond donors (Lipinski definition) is 2. The van der Waals surface area contributed by atoms with Gasteiger partial charge in [-0.3, -0.25) is 4.79 Å². The summed E-state index contributed by atoms with van der Waals surface area (Å²) in [6.45, 7) is 6.50. The average Bonchev–Trinajstić information content (AvgIpc) is 2.68. The Balaban J connectivity index is 0.00000225. The van der Waals surface area contributed by atoms with Crippen molar-refractivity contribution in [1.82, 2.24) is 5.32 Å². The Morgan fingerprint density at radius 3 is 2.50 bits per heavy atom. The minimum Gasteiger partial charge on any atom is -0.376 e. The van der Waals surface area contributed by atoms with Gasteiger partial charge in [0.1, 0.15) is 0 Å². The first-order chi connectivity index (χ1) is 7.02. The second kappa shape index (κ2) is 7.09. The molecular weight excluding hydrogens is 228 g/mol. The van der Waals surface area contributed by atoms with Crippen molar-refractivity contribution in [2.24, 2.45) is 11.7 Å². The van der Waals surface area contributed by atoms with E-state index < -0.39 is 0 Å². The third kappa shape index (κ3) is 4.28. The van der Waals surface area contributed by atoms with Crippen LogP contribution in [0.2, 0.25) is 0 Å². The van der Waals surface area contributed by atoms with E-state index in [-0.39, 0.29) is 42.4 Å². The molecule has 1 rings (SSSR count). The number of nitrogens with one attached hydrogen (secondary N) is 1. The molecule has 0 saturated carbocycles. The van der Waals surface area contributed by atoms with E-state index in [0.29, 0.717) is 0 Å². The largest absolute Gasteiger partial charge is 0.376 e. The number of nitrogens with two attached hydrogens (primary N) is 1. The average molecular weight is 251 g/mol. The molecule has 16 heavy (non-hydrogen) atoms. The van der Waals surface area contributed by atoms with Crippen LogP contribution in [0.5, 0.6) is 0 Å². The van der Waals surface area contributed by atoms with E-state index in [9.17, 15) is 4.79 Å². The second-order valence-electron chi connectivity index (χ2n) is 4.50. The number of carbonyl (C=O) groups excluding carboxylic acids is 1. The van der Waals surface area contributed by atoms with Crippen LogP contribution in [0.15, 0.2) is 0 Å². The van der Waals surface area contributed by atoms with Gasteiger partial charge in [-0.15, -0.1) is 12.4 Å². The van der Waals surface area contributed by atoms with Gasteiger partial charge in [0.2, 0.25) is 5.91 Å². The molecule has 3 N–H and O–H groups in total. The Labute approximate surface area is 104 Å². The second-order valence-corrected chi connectivity index (χ2v) is 4.50. The minimum atomic E-state index is -0.145. The van der Waals surface area contributed by atoms with Gasteiger partial charge >= 0.3 is 0 Å². The molecule has 4 unspecified atom stereocenters. The van der Waals surface area contributed by atoms with Crippen molar-refractivity contribution in [1.29, 1.82) is 0 Å². The van der Waals surface area contributed by atoms with E-state index >= 15 is 0 Å². The van der Waals surface area contributed by atoms with Gasteiger partial charge in [0.25, 0.3) is 0 Å². The summed E-state index contributed by atoms with van der Waals surface area (Å²) in [7, 11) is 0. The summed E-state index contributed by atoms with van der Waals surface area (Å²) in [6.07, 6.45) is 2.30. The Kier molecular flexibility index (Phi) is 6.95. The zero-order valence-corrected chi connectivity index (χ0v) is 11.0. The number of carbonyl (C=O) groups is 1. The molecule has 96 valence electrons. The Morgan fingerprint density at radius 1 is 1.44 bits per heavy atom. The van der Waals surface area contributed by atoms with Gasteiger partial charge in [-0.1, -0.05) is 6.92 Å². The fourth-order valence-electron chi connectivity index (χ4n) is 1.68. The summed E-state index contributed by atoms with van der Waals surface area (Å²) >= 11 is 0. The van der Waals surface area contributed by atoms with Crippen LogP contribution < -0.4 is 11.1 Å².